The molecule has 3 rings (SSSR count). The zero-order chi connectivity index (χ0) is 11.1. The molecule has 0 N–H and O–H groups in total. The van der Waals surface area contributed by atoms with Gasteiger partial charge in [0.05, 0.1) is 0 Å². The first-order valence-corrected chi connectivity index (χ1v) is 6.52. The van der Waals surface area contributed by atoms with Crippen molar-refractivity contribution in [3.63, 3.8) is 0 Å². The highest BCUT2D eigenvalue weighted by Gasteiger charge is 2.02. The minimum atomic E-state index is 0.968. The Morgan fingerprint density at radius 1 is 0.812 bits per heavy atom. The summed E-state index contributed by atoms with van der Waals surface area (Å²) in [4.78, 5) is 0. The van der Waals surface area contributed by atoms with Gasteiger partial charge in [-0.3, -0.25) is 0 Å². The second-order valence-electron chi connectivity index (χ2n) is 3.72. The van der Waals surface area contributed by atoms with Crippen LogP contribution in [0.15, 0.2) is 51.4 Å². The molecule has 0 fully saturated rings. The van der Waals surface area contributed by atoms with Crippen LogP contribution in [0.25, 0.3) is 21.5 Å². The Morgan fingerprint density at radius 2 is 1.50 bits per heavy atom. The number of halogens is 2. The second-order valence-corrected chi connectivity index (χ2v) is 5.37. The maximum Gasteiger partial charge on any atom is 0.0402 e. The smallest absolute Gasteiger partial charge is 0.0402 e. The third-order valence-electron chi connectivity index (χ3n) is 2.65. The molecule has 0 aromatic heterocycles. The molecule has 0 aliphatic carbocycles. The number of benzene rings is 3. The minimum Gasteiger partial charge on any atom is -0.0616 e. The van der Waals surface area contributed by atoms with E-state index in [1.54, 1.807) is 0 Å². The average molecular weight is 335 g/mol. The van der Waals surface area contributed by atoms with Crippen LogP contribution in [0.3, 0.4) is 0 Å². The lowest BCUT2D eigenvalue weighted by Crippen LogP contribution is -1.78. The lowest BCUT2D eigenvalue weighted by atomic mass is 10.0. The van der Waals surface area contributed by atoms with E-state index >= 15 is 0 Å². The monoisotopic (exact) mass is 333 g/mol. The van der Waals surface area contributed by atoms with Crippen LogP contribution in [0.1, 0.15) is 0 Å². The van der Waals surface area contributed by atoms with Gasteiger partial charge in [0.25, 0.3) is 0 Å². The molecule has 0 heterocycles. The molecule has 0 bridgehead atoms. The standard InChI is InChI=1S/C14H7Br2/c15-13-7-11-5-9-3-1-2-4-10(9)6-12(11)8-14(13)16/h1-7H. The fourth-order valence-electron chi connectivity index (χ4n) is 1.86. The van der Waals surface area contributed by atoms with Gasteiger partial charge in [0.15, 0.2) is 0 Å². The molecule has 0 amide bonds. The van der Waals surface area contributed by atoms with Crippen molar-refractivity contribution in [2.75, 3.05) is 0 Å². The highest BCUT2D eigenvalue weighted by Crippen LogP contribution is 2.30. The molecule has 0 spiro atoms. The van der Waals surface area contributed by atoms with E-state index in [4.69, 9.17) is 0 Å². The Bertz CT molecular complexity index is 627. The first kappa shape index (κ1) is 10.3. The van der Waals surface area contributed by atoms with Crippen LogP contribution in [-0.4, -0.2) is 0 Å². The van der Waals surface area contributed by atoms with Crippen LogP contribution < -0.4 is 0 Å². The molecule has 77 valence electrons. The van der Waals surface area contributed by atoms with Crippen molar-refractivity contribution in [2.45, 2.75) is 0 Å². The SMILES string of the molecule is Brc1[c]c2cc3ccccc3cc2cc1Br. The summed E-state index contributed by atoms with van der Waals surface area (Å²) in [6, 6.07) is 18.2. The predicted molar refractivity (Wildman–Crippen MR) is 75.7 cm³/mol. The van der Waals surface area contributed by atoms with Gasteiger partial charge < -0.3 is 0 Å². The molecule has 0 saturated heterocycles. The van der Waals surface area contributed by atoms with Gasteiger partial charge in [0, 0.05) is 15.0 Å². The van der Waals surface area contributed by atoms with Crippen molar-refractivity contribution >= 4 is 53.4 Å². The van der Waals surface area contributed by atoms with Gasteiger partial charge in [-0.15, -0.1) is 0 Å². The number of hydrogen-bond donors (Lipinski definition) is 0. The van der Waals surface area contributed by atoms with E-state index in [1.165, 1.54) is 16.2 Å². The molecule has 0 aliphatic heterocycles. The number of hydrogen-bond acceptors (Lipinski definition) is 0. The number of fused-ring (bicyclic) bond motifs is 2. The Balaban J connectivity index is 2.46. The normalized spacial score (nSPS) is 11.1. The topological polar surface area (TPSA) is 0 Å². The summed E-state index contributed by atoms with van der Waals surface area (Å²) in [5, 5.41) is 4.85. The summed E-state index contributed by atoms with van der Waals surface area (Å²) < 4.78 is 2.01. The van der Waals surface area contributed by atoms with E-state index in [-0.39, 0.29) is 0 Å². The summed E-state index contributed by atoms with van der Waals surface area (Å²) in [7, 11) is 0. The molecule has 0 atom stereocenters. The van der Waals surface area contributed by atoms with Gasteiger partial charge in [-0.1, -0.05) is 24.3 Å². The van der Waals surface area contributed by atoms with Crippen molar-refractivity contribution < 1.29 is 0 Å². The minimum absolute atomic E-state index is 0.968. The van der Waals surface area contributed by atoms with Gasteiger partial charge in [0.2, 0.25) is 0 Å². The van der Waals surface area contributed by atoms with Gasteiger partial charge in [-0.25, -0.2) is 0 Å². The van der Waals surface area contributed by atoms with Crippen molar-refractivity contribution in [3.05, 3.63) is 57.5 Å². The first-order chi connectivity index (χ1) is 7.74. The van der Waals surface area contributed by atoms with E-state index in [9.17, 15) is 0 Å². The molecule has 0 saturated carbocycles. The quantitative estimate of drug-likeness (QED) is 0.488. The van der Waals surface area contributed by atoms with Gasteiger partial charge in [-0.05, 0) is 71.6 Å². The first-order valence-electron chi connectivity index (χ1n) is 4.94. The maximum atomic E-state index is 3.50. The molecule has 0 nitrogen and oxygen atoms in total. The van der Waals surface area contributed by atoms with Crippen LogP contribution in [0.4, 0.5) is 0 Å². The summed E-state index contributed by atoms with van der Waals surface area (Å²) in [6.45, 7) is 0. The fraction of sp³-hybridized carbons (Fsp3) is 0. The van der Waals surface area contributed by atoms with Crippen LogP contribution in [0.2, 0.25) is 0 Å². The van der Waals surface area contributed by atoms with Crippen molar-refractivity contribution in [3.8, 4) is 0 Å². The van der Waals surface area contributed by atoms with Crippen LogP contribution >= 0.6 is 31.9 Å². The van der Waals surface area contributed by atoms with Crippen molar-refractivity contribution in [2.24, 2.45) is 0 Å². The largest absolute Gasteiger partial charge is 0.0616 e. The van der Waals surface area contributed by atoms with E-state index in [0.717, 1.165) is 14.3 Å². The maximum absolute atomic E-state index is 3.50. The van der Waals surface area contributed by atoms with Gasteiger partial charge in [-0.2, -0.15) is 0 Å². The zero-order valence-corrected chi connectivity index (χ0v) is 11.5. The van der Waals surface area contributed by atoms with E-state index in [2.05, 4.69) is 80.4 Å². The van der Waals surface area contributed by atoms with Gasteiger partial charge >= 0.3 is 0 Å². The van der Waals surface area contributed by atoms with Crippen LogP contribution in [0.5, 0.6) is 0 Å². The fourth-order valence-corrected chi connectivity index (χ4v) is 2.54. The molecule has 3 aromatic rings. The lowest BCUT2D eigenvalue weighted by molar-refractivity contribution is 1.64. The van der Waals surface area contributed by atoms with E-state index in [0.29, 0.717) is 0 Å². The second kappa shape index (κ2) is 3.86. The van der Waals surface area contributed by atoms with Gasteiger partial charge in [0.1, 0.15) is 0 Å². The predicted octanol–water partition coefficient (Wildman–Crippen LogP) is 5.32. The molecular weight excluding hydrogens is 328 g/mol. The van der Waals surface area contributed by atoms with Crippen molar-refractivity contribution in [1.82, 2.24) is 0 Å². The highest BCUT2D eigenvalue weighted by atomic mass is 79.9. The highest BCUT2D eigenvalue weighted by molar-refractivity contribution is 9.13. The molecule has 2 heteroatoms. The Hall–Kier alpha value is -0.860. The Labute approximate surface area is 111 Å². The molecule has 3 aromatic carbocycles. The molecular formula is C14H7Br2. The van der Waals surface area contributed by atoms with E-state index in [1.807, 2.05) is 0 Å². The number of rotatable bonds is 0. The molecule has 0 aliphatic rings. The summed E-state index contributed by atoms with van der Waals surface area (Å²) in [5.41, 5.74) is 0. The summed E-state index contributed by atoms with van der Waals surface area (Å²) in [5.74, 6) is 0. The molecule has 0 unspecified atom stereocenters. The Kier molecular flexibility index (Phi) is 2.49. The van der Waals surface area contributed by atoms with Crippen LogP contribution in [-0.2, 0) is 0 Å². The zero-order valence-electron chi connectivity index (χ0n) is 8.30. The summed E-state index contributed by atoms with van der Waals surface area (Å²) >= 11 is 6.98. The van der Waals surface area contributed by atoms with Crippen molar-refractivity contribution in [1.29, 1.82) is 0 Å². The Morgan fingerprint density at radius 3 is 2.25 bits per heavy atom. The summed E-state index contributed by atoms with van der Waals surface area (Å²) in [6.07, 6.45) is 0. The lowest BCUT2D eigenvalue weighted by Gasteiger charge is -2.04. The third kappa shape index (κ3) is 1.66. The average Bonchev–Trinajstić information content (AvgIpc) is 2.28. The van der Waals surface area contributed by atoms with Crippen LogP contribution in [0, 0.1) is 6.07 Å². The van der Waals surface area contributed by atoms with E-state index < -0.39 is 0 Å². The third-order valence-corrected chi connectivity index (χ3v) is 4.44. The molecule has 16 heavy (non-hydrogen) atoms. The molecule has 1 radical (unpaired) electrons.